The number of unbranched alkanes of at least 4 members (excludes halogenated alkanes) is 4. The predicted molar refractivity (Wildman–Crippen MR) is 97.2 cm³/mol. The van der Waals surface area contributed by atoms with Crippen LogP contribution < -0.4 is 0 Å². The minimum absolute atomic E-state index is 0.458. The van der Waals surface area contributed by atoms with Crippen molar-refractivity contribution in [3.05, 3.63) is 48.6 Å². The first-order valence-electron chi connectivity index (χ1n) is 8.67. The van der Waals surface area contributed by atoms with E-state index in [0.29, 0.717) is 25.7 Å². The Hall–Kier alpha value is -1.45. The molecule has 0 saturated heterocycles. The van der Waals surface area contributed by atoms with Crippen molar-refractivity contribution >= 4 is 6.29 Å². The number of aliphatic hydroxyl groups excluding tert-OH is 2. The molecule has 23 heavy (non-hydrogen) atoms. The van der Waals surface area contributed by atoms with Crippen LogP contribution in [0.1, 0.15) is 58.3 Å². The quantitative estimate of drug-likeness (QED) is 0.217. The summed E-state index contributed by atoms with van der Waals surface area (Å²) in [5, 5.41) is 19.4. The monoisotopic (exact) mass is 320 g/mol. The van der Waals surface area contributed by atoms with Crippen molar-refractivity contribution in [2.45, 2.75) is 70.5 Å². The van der Waals surface area contributed by atoms with Crippen LogP contribution in [-0.2, 0) is 4.79 Å². The molecule has 0 fully saturated rings. The molecule has 2 atom stereocenters. The SMILES string of the molecule is CCCCC/C=C\C[C@H](O)/C=C/C=C/C=C\[C@H](O)CCCC=O. The number of rotatable bonds is 14. The van der Waals surface area contributed by atoms with Gasteiger partial charge in [-0.3, -0.25) is 0 Å². The maximum atomic E-state index is 10.2. The zero-order valence-corrected chi connectivity index (χ0v) is 14.3. The van der Waals surface area contributed by atoms with Crippen LogP contribution in [0.5, 0.6) is 0 Å². The van der Waals surface area contributed by atoms with Crippen molar-refractivity contribution < 1.29 is 15.0 Å². The van der Waals surface area contributed by atoms with Gasteiger partial charge in [-0.25, -0.2) is 0 Å². The van der Waals surface area contributed by atoms with Crippen LogP contribution in [0.4, 0.5) is 0 Å². The summed E-state index contributed by atoms with van der Waals surface area (Å²) in [6.45, 7) is 2.19. The first-order chi connectivity index (χ1) is 11.2. The number of allylic oxidation sites excluding steroid dienone is 5. The third-order valence-electron chi connectivity index (χ3n) is 3.34. The molecule has 0 aliphatic rings. The van der Waals surface area contributed by atoms with Gasteiger partial charge in [-0.15, -0.1) is 0 Å². The topological polar surface area (TPSA) is 57.5 Å². The van der Waals surface area contributed by atoms with Crippen molar-refractivity contribution in [2.24, 2.45) is 0 Å². The van der Waals surface area contributed by atoms with Crippen molar-refractivity contribution in [1.82, 2.24) is 0 Å². The molecular formula is C20H32O3. The summed E-state index contributed by atoms with van der Waals surface area (Å²) in [5.41, 5.74) is 0. The summed E-state index contributed by atoms with van der Waals surface area (Å²) in [6, 6.07) is 0. The molecule has 0 heterocycles. The lowest BCUT2D eigenvalue weighted by Crippen LogP contribution is -2.01. The molecule has 0 rings (SSSR count). The Labute approximate surface area is 141 Å². The van der Waals surface area contributed by atoms with Gasteiger partial charge in [0.1, 0.15) is 6.29 Å². The minimum Gasteiger partial charge on any atom is -0.389 e. The summed E-state index contributed by atoms with van der Waals surface area (Å²) in [7, 11) is 0. The van der Waals surface area contributed by atoms with E-state index in [0.717, 1.165) is 12.7 Å². The molecule has 3 heteroatoms. The van der Waals surface area contributed by atoms with E-state index in [-0.39, 0.29) is 0 Å². The van der Waals surface area contributed by atoms with Gasteiger partial charge in [0, 0.05) is 6.42 Å². The molecule has 0 aliphatic carbocycles. The highest BCUT2D eigenvalue weighted by molar-refractivity contribution is 5.48. The van der Waals surface area contributed by atoms with Gasteiger partial charge in [0.15, 0.2) is 0 Å². The predicted octanol–water partition coefficient (Wildman–Crippen LogP) is 4.27. The number of aldehydes is 1. The Balaban J connectivity index is 3.78. The Morgan fingerprint density at radius 1 is 0.826 bits per heavy atom. The van der Waals surface area contributed by atoms with Crippen LogP contribution in [0.3, 0.4) is 0 Å². The van der Waals surface area contributed by atoms with Gasteiger partial charge in [0.2, 0.25) is 0 Å². The highest BCUT2D eigenvalue weighted by atomic mass is 16.3. The lowest BCUT2D eigenvalue weighted by molar-refractivity contribution is -0.108. The summed E-state index contributed by atoms with van der Waals surface area (Å²) in [6.07, 6.45) is 22.0. The highest BCUT2D eigenvalue weighted by Gasteiger charge is 1.96. The van der Waals surface area contributed by atoms with E-state index < -0.39 is 12.2 Å². The summed E-state index contributed by atoms with van der Waals surface area (Å²) in [4.78, 5) is 10.2. The van der Waals surface area contributed by atoms with E-state index in [1.165, 1.54) is 19.3 Å². The normalized spacial score (nSPS) is 15.3. The molecule has 0 saturated carbocycles. The third-order valence-corrected chi connectivity index (χ3v) is 3.34. The summed E-state index contributed by atoms with van der Waals surface area (Å²) in [5.74, 6) is 0. The molecule has 0 aromatic rings. The number of aliphatic hydroxyl groups is 2. The fraction of sp³-hybridized carbons (Fsp3) is 0.550. The van der Waals surface area contributed by atoms with Crippen molar-refractivity contribution in [3.8, 4) is 0 Å². The van der Waals surface area contributed by atoms with E-state index in [1.54, 1.807) is 24.3 Å². The average molecular weight is 320 g/mol. The van der Waals surface area contributed by atoms with Crippen LogP contribution in [0.15, 0.2) is 48.6 Å². The molecule has 0 bridgehead atoms. The van der Waals surface area contributed by atoms with Gasteiger partial charge in [-0.1, -0.05) is 68.4 Å². The molecule has 0 radical (unpaired) electrons. The second-order valence-electron chi connectivity index (χ2n) is 5.59. The molecule has 2 N–H and O–H groups in total. The van der Waals surface area contributed by atoms with Crippen molar-refractivity contribution in [3.63, 3.8) is 0 Å². The maximum absolute atomic E-state index is 10.2. The molecule has 0 spiro atoms. The maximum Gasteiger partial charge on any atom is 0.119 e. The zero-order valence-electron chi connectivity index (χ0n) is 14.3. The smallest absolute Gasteiger partial charge is 0.119 e. The second kappa shape index (κ2) is 16.9. The van der Waals surface area contributed by atoms with E-state index in [4.69, 9.17) is 0 Å². The Morgan fingerprint density at radius 3 is 2.17 bits per heavy atom. The second-order valence-corrected chi connectivity index (χ2v) is 5.59. The standard InChI is InChI=1S/C20H32O3/c1-2-3-4-5-6-9-14-19(22)15-10-7-8-11-16-20(23)17-12-13-18-21/h6-11,15-16,18-20,22-23H,2-5,12-14,17H2,1H3/b8-7+,9-6-,15-10+,16-11-/t19-,20-/m0/s1. The lowest BCUT2D eigenvalue weighted by atomic mass is 10.1. The Morgan fingerprint density at radius 2 is 1.52 bits per heavy atom. The number of carbonyl (C=O) groups is 1. The molecule has 0 aromatic heterocycles. The molecule has 0 unspecified atom stereocenters. The Kier molecular flexibility index (Phi) is 15.8. The van der Waals surface area contributed by atoms with Crippen molar-refractivity contribution in [2.75, 3.05) is 0 Å². The van der Waals surface area contributed by atoms with Gasteiger partial charge in [0.05, 0.1) is 12.2 Å². The first kappa shape index (κ1) is 21.6. The van der Waals surface area contributed by atoms with E-state index >= 15 is 0 Å². The van der Waals surface area contributed by atoms with Gasteiger partial charge >= 0.3 is 0 Å². The molecule has 3 nitrogen and oxygen atoms in total. The lowest BCUT2D eigenvalue weighted by Gasteiger charge is -2.01. The van der Waals surface area contributed by atoms with E-state index in [9.17, 15) is 15.0 Å². The molecular weight excluding hydrogens is 288 g/mol. The van der Waals surface area contributed by atoms with Gasteiger partial charge in [0.25, 0.3) is 0 Å². The number of hydrogen-bond donors (Lipinski definition) is 2. The number of carbonyl (C=O) groups excluding carboxylic acids is 1. The molecule has 0 amide bonds. The first-order valence-corrected chi connectivity index (χ1v) is 8.67. The summed E-state index contributed by atoms with van der Waals surface area (Å²) < 4.78 is 0. The summed E-state index contributed by atoms with van der Waals surface area (Å²) >= 11 is 0. The van der Waals surface area contributed by atoms with Crippen LogP contribution in [0, 0.1) is 0 Å². The van der Waals surface area contributed by atoms with Crippen LogP contribution in [-0.4, -0.2) is 28.7 Å². The minimum atomic E-state index is -0.507. The van der Waals surface area contributed by atoms with Crippen LogP contribution in [0.2, 0.25) is 0 Å². The van der Waals surface area contributed by atoms with Crippen LogP contribution >= 0.6 is 0 Å². The van der Waals surface area contributed by atoms with Gasteiger partial charge < -0.3 is 15.0 Å². The molecule has 0 aliphatic heterocycles. The fourth-order valence-electron chi connectivity index (χ4n) is 1.96. The number of hydrogen-bond acceptors (Lipinski definition) is 3. The van der Waals surface area contributed by atoms with Crippen LogP contribution in [0.25, 0.3) is 0 Å². The third kappa shape index (κ3) is 16.7. The van der Waals surface area contributed by atoms with Crippen molar-refractivity contribution in [1.29, 1.82) is 0 Å². The van der Waals surface area contributed by atoms with E-state index in [1.807, 2.05) is 18.2 Å². The molecule has 130 valence electrons. The highest BCUT2D eigenvalue weighted by Crippen LogP contribution is 2.03. The molecule has 0 aromatic carbocycles. The average Bonchev–Trinajstić information content (AvgIpc) is 2.54. The van der Waals surface area contributed by atoms with E-state index in [2.05, 4.69) is 13.0 Å². The van der Waals surface area contributed by atoms with Gasteiger partial charge in [-0.2, -0.15) is 0 Å². The fourth-order valence-corrected chi connectivity index (χ4v) is 1.96. The Bertz CT molecular complexity index is 380. The van der Waals surface area contributed by atoms with Gasteiger partial charge in [-0.05, 0) is 32.1 Å². The zero-order chi connectivity index (χ0) is 17.2. The largest absolute Gasteiger partial charge is 0.389 e.